The first-order valence-corrected chi connectivity index (χ1v) is 10.9. The van der Waals surface area contributed by atoms with Crippen LogP contribution in [0.4, 0.5) is 23.0 Å². The predicted octanol–water partition coefficient (Wildman–Crippen LogP) is 4.28. The molecule has 1 saturated heterocycles. The SMILES string of the molecule is Cc1ccnc(N2CCC(C(=O)N3Cc4cnn(C)c4Nc4cc(Cl)ccc43)CC2)c1. The number of fused-ring (bicyclic) bond motifs is 2. The van der Waals surface area contributed by atoms with E-state index in [1.54, 1.807) is 4.68 Å². The fraction of sp³-hybridized carbons (Fsp3) is 0.348. The number of carbonyl (C=O) groups is 1. The molecular formula is C23H25ClN6O. The molecule has 1 fully saturated rings. The van der Waals surface area contributed by atoms with Crippen molar-refractivity contribution in [1.29, 1.82) is 0 Å². The summed E-state index contributed by atoms with van der Waals surface area (Å²) < 4.78 is 1.79. The summed E-state index contributed by atoms with van der Waals surface area (Å²) in [6, 6.07) is 9.73. The number of amides is 1. The molecule has 0 saturated carbocycles. The molecule has 0 unspecified atom stereocenters. The van der Waals surface area contributed by atoms with Crippen molar-refractivity contribution in [3.05, 3.63) is 58.9 Å². The first kappa shape index (κ1) is 19.9. The Bertz CT molecular complexity index is 1130. The van der Waals surface area contributed by atoms with Crippen molar-refractivity contribution in [3.8, 4) is 0 Å². The normalized spacial score (nSPS) is 16.4. The fourth-order valence-electron chi connectivity index (χ4n) is 4.45. The van der Waals surface area contributed by atoms with Gasteiger partial charge in [-0.25, -0.2) is 4.98 Å². The first-order valence-electron chi connectivity index (χ1n) is 10.6. The van der Waals surface area contributed by atoms with Crippen LogP contribution in [0.5, 0.6) is 0 Å². The zero-order valence-corrected chi connectivity index (χ0v) is 18.4. The van der Waals surface area contributed by atoms with Gasteiger partial charge >= 0.3 is 0 Å². The molecule has 2 aliphatic heterocycles. The van der Waals surface area contributed by atoms with Crippen molar-refractivity contribution >= 4 is 40.5 Å². The maximum atomic E-state index is 13.7. The summed E-state index contributed by atoms with van der Waals surface area (Å²) in [4.78, 5) is 22.3. The number of benzene rings is 1. The topological polar surface area (TPSA) is 66.3 Å². The van der Waals surface area contributed by atoms with Gasteiger partial charge in [0.25, 0.3) is 0 Å². The Balaban J connectivity index is 1.39. The van der Waals surface area contributed by atoms with Gasteiger partial charge < -0.3 is 15.1 Å². The third-order valence-corrected chi connectivity index (χ3v) is 6.42. The van der Waals surface area contributed by atoms with Gasteiger partial charge in [0.2, 0.25) is 5.91 Å². The summed E-state index contributed by atoms with van der Waals surface area (Å²) in [5, 5.41) is 8.41. The van der Waals surface area contributed by atoms with Crippen LogP contribution >= 0.6 is 11.6 Å². The van der Waals surface area contributed by atoms with Crippen molar-refractivity contribution in [2.45, 2.75) is 26.3 Å². The zero-order valence-electron chi connectivity index (χ0n) is 17.7. The van der Waals surface area contributed by atoms with Crippen LogP contribution in [0.3, 0.4) is 0 Å². The highest BCUT2D eigenvalue weighted by Gasteiger charge is 2.33. The van der Waals surface area contributed by atoms with E-state index < -0.39 is 0 Å². The number of nitrogens with one attached hydrogen (secondary N) is 1. The van der Waals surface area contributed by atoms with E-state index in [-0.39, 0.29) is 11.8 Å². The number of carbonyl (C=O) groups excluding carboxylic acids is 1. The lowest BCUT2D eigenvalue weighted by Gasteiger charge is -2.35. The maximum Gasteiger partial charge on any atom is 0.230 e. The number of anilines is 4. The molecule has 0 atom stereocenters. The van der Waals surface area contributed by atoms with Crippen LogP contribution < -0.4 is 15.1 Å². The van der Waals surface area contributed by atoms with Crippen LogP contribution in [0.25, 0.3) is 0 Å². The third-order valence-electron chi connectivity index (χ3n) is 6.18. The molecule has 0 radical (unpaired) electrons. The molecular weight excluding hydrogens is 412 g/mol. The Hall–Kier alpha value is -3.06. The molecule has 1 N–H and O–H groups in total. The van der Waals surface area contributed by atoms with Crippen LogP contribution in [0.15, 0.2) is 42.7 Å². The average Bonchev–Trinajstić information content (AvgIpc) is 3.02. The second-order valence-corrected chi connectivity index (χ2v) is 8.74. The van der Waals surface area contributed by atoms with E-state index in [9.17, 15) is 4.79 Å². The number of piperidine rings is 1. The standard InChI is InChI=1S/C23H25ClN6O/c1-15-5-8-25-21(11-15)29-9-6-16(7-10-29)23(31)30-14-17-13-26-28(2)22(17)27-19-12-18(24)3-4-20(19)30/h3-5,8,11-13,16,27H,6-7,9-10,14H2,1-2H3. The molecule has 1 amide bonds. The summed E-state index contributed by atoms with van der Waals surface area (Å²) in [6.45, 7) is 4.21. The lowest BCUT2D eigenvalue weighted by molar-refractivity contribution is -0.123. The minimum atomic E-state index is -0.0252. The smallest absolute Gasteiger partial charge is 0.230 e. The van der Waals surface area contributed by atoms with Gasteiger partial charge in [-0.05, 0) is 55.7 Å². The molecule has 2 aromatic heterocycles. The average molecular weight is 437 g/mol. The Morgan fingerprint density at radius 1 is 1.19 bits per heavy atom. The van der Waals surface area contributed by atoms with E-state index in [4.69, 9.17) is 11.6 Å². The molecule has 5 rings (SSSR count). The van der Waals surface area contributed by atoms with Crippen molar-refractivity contribution < 1.29 is 4.79 Å². The minimum absolute atomic E-state index is 0.0252. The van der Waals surface area contributed by atoms with Gasteiger partial charge in [-0.2, -0.15) is 5.10 Å². The molecule has 0 aliphatic carbocycles. The first-order chi connectivity index (χ1) is 15.0. The highest BCUT2D eigenvalue weighted by molar-refractivity contribution is 6.31. The van der Waals surface area contributed by atoms with Crippen molar-refractivity contribution in [1.82, 2.24) is 14.8 Å². The van der Waals surface area contributed by atoms with Gasteiger partial charge in [-0.3, -0.25) is 9.48 Å². The number of aryl methyl sites for hydroxylation is 2. The maximum absolute atomic E-state index is 13.7. The van der Waals surface area contributed by atoms with Crippen LogP contribution in [-0.2, 0) is 18.4 Å². The van der Waals surface area contributed by atoms with Gasteiger partial charge in [-0.15, -0.1) is 0 Å². The molecule has 0 bridgehead atoms. The molecule has 0 spiro atoms. The number of rotatable bonds is 2. The van der Waals surface area contributed by atoms with Gasteiger partial charge in [0, 0.05) is 42.8 Å². The Morgan fingerprint density at radius 3 is 2.77 bits per heavy atom. The second kappa shape index (κ2) is 7.89. The van der Waals surface area contributed by atoms with E-state index in [2.05, 4.69) is 33.3 Å². The Labute approximate surface area is 186 Å². The number of nitrogens with zero attached hydrogens (tertiary/aromatic N) is 5. The van der Waals surface area contributed by atoms with E-state index in [0.717, 1.165) is 54.5 Å². The summed E-state index contributed by atoms with van der Waals surface area (Å²) in [6.07, 6.45) is 5.28. The minimum Gasteiger partial charge on any atom is -0.357 e. The van der Waals surface area contributed by atoms with Gasteiger partial charge in [0.05, 0.1) is 24.1 Å². The summed E-state index contributed by atoms with van der Waals surface area (Å²) >= 11 is 6.25. The molecule has 7 nitrogen and oxygen atoms in total. The lowest BCUT2D eigenvalue weighted by Crippen LogP contribution is -2.42. The van der Waals surface area contributed by atoms with Crippen LogP contribution in [0.2, 0.25) is 5.02 Å². The number of halogens is 1. The molecule has 3 aromatic rings. The number of hydrogen-bond donors (Lipinski definition) is 1. The number of aromatic nitrogens is 3. The number of pyridine rings is 1. The zero-order chi connectivity index (χ0) is 21.5. The Morgan fingerprint density at radius 2 is 2.00 bits per heavy atom. The van der Waals surface area contributed by atoms with Crippen molar-refractivity contribution in [3.63, 3.8) is 0 Å². The van der Waals surface area contributed by atoms with Gasteiger partial charge in [-0.1, -0.05) is 11.6 Å². The van der Waals surface area contributed by atoms with E-state index >= 15 is 0 Å². The highest BCUT2D eigenvalue weighted by atomic mass is 35.5. The van der Waals surface area contributed by atoms with Crippen LogP contribution in [0, 0.1) is 12.8 Å². The third kappa shape index (κ3) is 3.74. The quantitative estimate of drug-likeness (QED) is 0.649. The largest absolute Gasteiger partial charge is 0.357 e. The number of hydrogen-bond acceptors (Lipinski definition) is 5. The van der Waals surface area contributed by atoms with E-state index in [0.29, 0.717) is 11.6 Å². The molecule has 1 aromatic carbocycles. The van der Waals surface area contributed by atoms with Crippen LogP contribution in [-0.4, -0.2) is 33.8 Å². The summed E-state index contributed by atoms with van der Waals surface area (Å²) in [5.41, 5.74) is 3.87. The van der Waals surface area contributed by atoms with Crippen molar-refractivity contribution in [2.24, 2.45) is 13.0 Å². The predicted molar refractivity (Wildman–Crippen MR) is 123 cm³/mol. The second-order valence-electron chi connectivity index (χ2n) is 8.31. The summed E-state index contributed by atoms with van der Waals surface area (Å²) in [5.74, 6) is 2.01. The molecule has 2 aliphatic rings. The molecule has 160 valence electrons. The van der Waals surface area contributed by atoms with Gasteiger partial charge in [0.1, 0.15) is 11.6 Å². The molecule has 8 heteroatoms. The monoisotopic (exact) mass is 436 g/mol. The van der Waals surface area contributed by atoms with Gasteiger partial charge in [0.15, 0.2) is 0 Å². The molecule has 31 heavy (non-hydrogen) atoms. The fourth-order valence-corrected chi connectivity index (χ4v) is 4.62. The van der Waals surface area contributed by atoms with E-state index in [1.165, 1.54) is 5.56 Å². The Kier molecular flexibility index (Phi) is 5.06. The molecule has 4 heterocycles. The highest BCUT2D eigenvalue weighted by Crippen LogP contribution is 2.38. The van der Waals surface area contributed by atoms with Crippen LogP contribution in [0.1, 0.15) is 24.0 Å². The lowest BCUT2D eigenvalue weighted by atomic mass is 9.94. The summed E-state index contributed by atoms with van der Waals surface area (Å²) in [7, 11) is 1.89. The van der Waals surface area contributed by atoms with E-state index in [1.807, 2.05) is 48.6 Å². The van der Waals surface area contributed by atoms with Crippen molar-refractivity contribution in [2.75, 3.05) is 28.2 Å².